The lowest BCUT2D eigenvalue weighted by Gasteiger charge is -2.36. The fraction of sp³-hybridized carbons (Fsp3) is 0.480. The molecule has 2 aromatic carbocycles. The van der Waals surface area contributed by atoms with E-state index in [4.69, 9.17) is 11.6 Å². The number of hydrogen-bond acceptors (Lipinski definition) is 3. The van der Waals surface area contributed by atoms with Gasteiger partial charge in [-0.15, -0.1) is 0 Å². The summed E-state index contributed by atoms with van der Waals surface area (Å²) in [5.41, 5.74) is 2.46. The molecule has 0 amide bonds. The molecule has 0 bridgehead atoms. The van der Waals surface area contributed by atoms with Gasteiger partial charge in [0.05, 0.1) is 0 Å². The maximum absolute atomic E-state index is 12.2. The minimum Gasteiger partial charge on any atom is -0.507 e. The van der Waals surface area contributed by atoms with Gasteiger partial charge in [0.25, 0.3) is 0 Å². The van der Waals surface area contributed by atoms with E-state index < -0.39 is 5.54 Å². The molecule has 0 saturated heterocycles. The van der Waals surface area contributed by atoms with E-state index in [9.17, 15) is 9.90 Å². The predicted molar refractivity (Wildman–Crippen MR) is 122 cm³/mol. The molecule has 0 aliphatic heterocycles. The minimum absolute atomic E-state index is 0.259. The normalized spacial score (nSPS) is 19.2. The number of carbonyl (C=O) groups is 1. The molecular weight excluding hydrogens is 382 g/mol. The molecule has 158 valence electrons. The van der Waals surface area contributed by atoms with E-state index in [1.165, 1.54) is 0 Å². The summed E-state index contributed by atoms with van der Waals surface area (Å²) in [6, 6.07) is 13.6. The zero-order valence-electron chi connectivity index (χ0n) is 18.3. The van der Waals surface area contributed by atoms with E-state index >= 15 is 0 Å². The molecule has 0 spiro atoms. The second-order valence-electron chi connectivity index (χ2n) is 8.36. The Labute approximate surface area is 180 Å². The third-order valence-corrected chi connectivity index (χ3v) is 6.11. The summed E-state index contributed by atoms with van der Waals surface area (Å²) in [5.74, 6) is 1.51. The quantitative estimate of drug-likeness (QED) is 0.596. The Morgan fingerprint density at radius 3 is 2.03 bits per heavy atom. The molecule has 1 aliphatic carbocycles. The average molecular weight is 416 g/mol. The molecule has 2 aromatic rings. The molecule has 4 heteroatoms. The van der Waals surface area contributed by atoms with Gasteiger partial charge in [-0.25, -0.2) is 0 Å². The van der Waals surface area contributed by atoms with Gasteiger partial charge in [-0.1, -0.05) is 82.1 Å². The Hall–Kier alpha value is -1.84. The number of likely N-dealkylation sites (N-methyl/N-ethyl adjacent to an activating group) is 1. The molecule has 3 nitrogen and oxygen atoms in total. The largest absolute Gasteiger partial charge is 0.507 e. The molecule has 1 aliphatic rings. The molecule has 1 atom stereocenters. The van der Waals surface area contributed by atoms with Gasteiger partial charge in [0.15, 0.2) is 5.78 Å². The second kappa shape index (κ2) is 10.3. The van der Waals surface area contributed by atoms with Crippen molar-refractivity contribution < 1.29 is 9.90 Å². The van der Waals surface area contributed by atoms with E-state index in [-0.39, 0.29) is 5.78 Å². The fourth-order valence-electron chi connectivity index (χ4n) is 4.03. The van der Waals surface area contributed by atoms with E-state index in [1.54, 1.807) is 0 Å². The molecule has 1 unspecified atom stereocenters. The molecule has 3 rings (SSSR count). The number of ketones is 1. The molecule has 0 heterocycles. The van der Waals surface area contributed by atoms with Crippen LogP contribution in [0.5, 0.6) is 5.75 Å². The Kier molecular flexibility index (Phi) is 8.30. The molecule has 0 radical (unpaired) electrons. The number of benzene rings is 2. The summed E-state index contributed by atoms with van der Waals surface area (Å²) >= 11 is 6.20. The zero-order valence-corrected chi connectivity index (χ0v) is 19.0. The standard InChI is InChI=1S/C13H16ClNO.C12H18O/c1-15-13(9-5-4-8-12(13)16)10-6-2-3-7-11(10)14;1-8(2)10-6-5-7-11(9(3)4)12(10)13/h2-3,6-7,15H,4-5,8-9H2,1H3;5-9,13H,1-4H3. The Morgan fingerprint density at radius 2 is 1.55 bits per heavy atom. The highest BCUT2D eigenvalue weighted by Gasteiger charge is 2.41. The minimum atomic E-state index is -0.559. The maximum atomic E-state index is 12.2. The fourth-order valence-corrected chi connectivity index (χ4v) is 4.33. The summed E-state index contributed by atoms with van der Waals surface area (Å²) in [6.07, 6.45) is 3.54. The SMILES string of the molecule is CC(C)c1cccc(C(C)C)c1O.CNC1(c2ccccc2Cl)CCCCC1=O. The number of phenols is 1. The number of phenolic OH excluding ortho intramolecular Hbond substituents is 1. The number of halogens is 1. The van der Waals surface area contributed by atoms with Crippen LogP contribution in [0.4, 0.5) is 0 Å². The highest BCUT2D eigenvalue weighted by Crippen LogP contribution is 2.37. The van der Waals surface area contributed by atoms with Crippen molar-refractivity contribution in [1.82, 2.24) is 5.32 Å². The monoisotopic (exact) mass is 415 g/mol. The smallest absolute Gasteiger partial charge is 0.157 e. The van der Waals surface area contributed by atoms with Crippen LogP contribution < -0.4 is 5.32 Å². The summed E-state index contributed by atoms with van der Waals surface area (Å²) in [5, 5.41) is 13.8. The Balaban J connectivity index is 0.000000212. The summed E-state index contributed by atoms with van der Waals surface area (Å²) in [6.45, 7) is 8.39. The van der Waals surface area contributed by atoms with Gasteiger partial charge >= 0.3 is 0 Å². The van der Waals surface area contributed by atoms with Crippen molar-refractivity contribution in [2.24, 2.45) is 0 Å². The van der Waals surface area contributed by atoms with Crippen LogP contribution in [0, 0.1) is 0 Å². The molecule has 1 fully saturated rings. The second-order valence-corrected chi connectivity index (χ2v) is 8.77. The van der Waals surface area contributed by atoms with Gasteiger partial charge in [-0.2, -0.15) is 0 Å². The highest BCUT2D eigenvalue weighted by molar-refractivity contribution is 6.31. The van der Waals surface area contributed by atoms with Crippen LogP contribution in [-0.2, 0) is 10.3 Å². The molecule has 29 heavy (non-hydrogen) atoms. The lowest BCUT2D eigenvalue weighted by molar-refractivity contribution is -0.127. The average Bonchev–Trinajstić information content (AvgIpc) is 2.69. The van der Waals surface area contributed by atoms with Crippen LogP contribution in [-0.4, -0.2) is 17.9 Å². The highest BCUT2D eigenvalue weighted by atomic mass is 35.5. The first-order valence-electron chi connectivity index (χ1n) is 10.5. The first-order chi connectivity index (χ1) is 13.7. The Morgan fingerprint density at radius 1 is 0.966 bits per heavy atom. The van der Waals surface area contributed by atoms with Crippen molar-refractivity contribution in [3.63, 3.8) is 0 Å². The third kappa shape index (κ3) is 5.21. The lowest BCUT2D eigenvalue weighted by Crippen LogP contribution is -2.49. The van der Waals surface area contributed by atoms with Crippen molar-refractivity contribution in [2.45, 2.75) is 70.8 Å². The first-order valence-corrected chi connectivity index (χ1v) is 10.9. The number of para-hydroxylation sites is 1. The summed E-state index contributed by atoms with van der Waals surface area (Å²) in [7, 11) is 1.84. The van der Waals surface area contributed by atoms with Crippen LogP contribution in [0.25, 0.3) is 0 Å². The van der Waals surface area contributed by atoms with Gasteiger partial charge in [-0.3, -0.25) is 4.79 Å². The van der Waals surface area contributed by atoms with Gasteiger partial charge in [-0.05, 0) is 54.5 Å². The van der Waals surface area contributed by atoms with Gasteiger partial charge in [0, 0.05) is 11.4 Å². The van der Waals surface area contributed by atoms with Crippen LogP contribution in [0.15, 0.2) is 42.5 Å². The number of aromatic hydroxyl groups is 1. The van der Waals surface area contributed by atoms with E-state index in [0.717, 1.165) is 36.0 Å². The third-order valence-electron chi connectivity index (χ3n) is 5.78. The van der Waals surface area contributed by atoms with Crippen molar-refractivity contribution in [2.75, 3.05) is 7.05 Å². The number of carbonyl (C=O) groups excluding carboxylic acids is 1. The number of Topliss-reactive ketones (excluding diaryl/α,β-unsaturated/α-hetero) is 1. The van der Waals surface area contributed by atoms with Crippen LogP contribution in [0.2, 0.25) is 5.02 Å². The molecule has 2 N–H and O–H groups in total. The molecular formula is C25H34ClNO2. The number of nitrogens with one attached hydrogen (secondary N) is 1. The Bertz CT molecular complexity index is 805. The van der Waals surface area contributed by atoms with E-state index in [1.807, 2.05) is 49.5 Å². The van der Waals surface area contributed by atoms with Crippen molar-refractivity contribution >= 4 is 17.4 Å². The predicted octanol–water partition coefficient (Wildman–Crippen LogP) is 6.54. The lowest BCUT2D eigenvalue weighted by atomic mass is 9.75. The summed E-state index contributed by atoms with van der Waals surface area (Å²) in [4.78, 5) is 12.2. The van der Waals surface area contributed by atoms with Crippen LogP contribution in [0.3, 0.4) is 0 Å². The van der Waals surface area contributed by atoms with Crippen molar-refractivity contribution in [3.8, 4) is 5.75 Å². The van der Waals surface area contributed by atoms with Gasteiger partial charge < -0.3 is 10.4 Å². The van der Waals surface area contributed by atoms with Gasteiger partial charge in [0.2, 0.25) is 0 Å². The van der Waals surface area contributed by atoms with E-state index in [0.29, 0.717) is 29.0 Å². The zero-order chi connectivity index (χ0) is 21.6. The van der Waals surface area contributed by atoms with Gasteiger partial charge in [0.1, 0.15) is 11.3 Å². The maximum Gasteiger partial charge on any atom is 0.157 e. The van der Waals surface area contributed by atoms with Crippen LogP contribution in [0.1, 0.15) is 81.9 Å². The van der Waals surface area contributed by atoms with E-state index in [2.05, 4.69) is 33.0 Å². The number of rotatable bonds is 4. The topological polar surface area (TPSA) is 49.3 Å². The van der Waals surface area contributed by atoms with Crippen LogP contribution >= 0.6 is 11.6 Å². The van der Waals surface area contributed by atoms with Crippen molar-refractivity contribution in [1.29, 1.82) is 0 Å². The first kappa shape index (κ1) is 23.4. The molecule has 1 saturated carbocycles. The van der Waals surface area contributed by atoms with Crippen molar-refractivity contribution in [3.05, 3.63) is 64.2 Å². The molecule has 0 aromatic heterocycles. The summed E-state index contributed by atoms with van der Waals surface area (Å²) < 4.78 is 0. The number of hydrogen-bond donors (Lipinski definition) is 2.